The molecule has 0 bridgehead atoms. The summed E-state index contributed by atoms with van der Waals surface area (Å²) in [5, 5.41) is 8.14. The van der Waals surface area contributed by atoms with Crippen molar-refractivity contribution >= 4 is 28.3 Å². The van der Waals surface area contributed by atoms with Crippen LogP contribution in [0.4, 0.5) is 11.5 Å². The van der Waals surface area contributed by atoms with Gasteiger partial charge in [0.25, 0.3) is 0 Å². The summed E-state index contributed by atoms with van der Waals surface area (Å²) in [5.74, 6) is 1.98. The second-order valence-electron chi connectivity index (χ2n) is 9.74. The van der Waals surface area contributed by atoms with Crippen molar-refractivity contribution < 1.29 is 4.79 Å². The molecule has 4 rings (SSSR count). The number of carbonyl (C=O) groups is 1. The van der Waals surface area contributed by atoms with Crippen molar-refractivity contribution in [1.29, 1.82) is 0 Å². The van der Waals surface area contributed by atoms with Crippen molar-refractivity contribution in [3.05, 3.63) is 30.3 Å². The van der Waals surface area contributed by atoms with Gasteiger partial charge in [-0.1, -0.05) is 50.3 Å². The van der Waals surface area contributed by atoms with Crippen LogP contribution in [-0.4, -0.2) is 37.1 Å². The van der Waals surface area contributed by atoms with E-state index in [1.165, 1.54) is 43.2 Å². The van der Waals surface area contributed by atoms with Crippen LogP contribution < -0.4 is 15.5 Å². The predicted octanol–water partition coefficient (Wildman–Crippen LogP) is 5.50. The molecular formula is C26H38N4O. The molecule has 2 aliphatic rings. The van der Waals surface area contributed by atoms with E-state index in [1.807, 2.05) is 6.07 Å². The van der Waals surface area contributed by atoms with Crippen LogP contribution in [0.2, 0.25) is 0 Å². The van der Waals surface area contributed by atoms with Crippen LogP contribution in [0.3, 0.4) is 0 Å². The molecule has 168 valence electrons. The van der Waals surface area contributed by atoms with E-state index < -0.39 is 0 Å². The summed E-state index contributed by atoms with van der Waals surface area (Å²) in [6, 6.07) is 11.2. The fourth-order valence-corrected chi connectivity index (χ4v) is 5.30. The summed E-state index contributed by atoms with van der Waals surface area (Å²) in [4.78, 5) is 19.4. The topological polar surface area (TPSA) is 57.3 Å². The van der Waals surface area contributed by atoms with Crippen molar-refractivity contribution in [2.45, 2.75) is 82.7 Å². The molecular weight excluding hydrogens is 384 g/mol. The second-order valence-corrected chi connectivity index (χ2v) is 9.74. The van der Waals surface area contributed by atoms with E-state index in [4.69, 9.17) is 4.98 Å². The van der Waals surface area contributed by atoms with Crippen molar-refractivity contribution in [2.24, 2.45) is 5.92 Å². The molecule has 0 saturated heterocycles. The highest BCUT2D eigenvalue weighted by Gasteiger charge is 2.23. The van der Waals surface area contributed by atoms with Gasteiger partial charge in [-0.2, -0.15) is 0 Å². The molecule has 1 amide bonds. The lowest BCUT2D eigenvalue weighted by molar-refractivity contribution is -0.122. The van der Waals surface area contributed by atoms with Gasteiger partial charge in [-0.05, 0) is 44.1 Å². The van der Waals surface area contributed by atoms with Crippen LogP contribution in [0.1, 0.15) is 70.6 Å². The van der Waals surface area contributed by atoms with Crippen LogP contribution in [-0.2, 0) is 4.79 Å². The Kier molecular flexibility index (Phi) is 7.31. The number of anilines is 2. The minimum absolute atomic E-state index is 0.258. The fourth-order valence-electron chi connectivity index (χ4n) is 5.30. The zero-order valence-corrected chi connectivity index (χ0v) is 19.2. The van der Waals surface area contributed by atoms with E-state index in [1.54, 1.807) is 0 Å². The van der Waals surface area contributed by atoms with Crippen LogP contribution in [0.25, 0.3) is 10.9 Å². The molecule has 0 unspecified atom stereocenters. The van der Waals surface area contributed by atoms with Gasteiger partial charge in [0.1, 0.15) is 5.82 Å². The first-order valence-corrected chi connectivity index (χ1v) is 12.2. The van der Waals surface area contributed by atoms with E-state index in [0.29, 0.717) is 18.5 Å². The van der Waals surface area contributed by atoms with E-state index in [0.717, 1.165) is 49.4 Å². The lowest BCUT2D eigenvalue weighted by Crippen LogP contribution is -2.40. The van der Waals surface area contributed by atoms with Gasteiger partial charge in [-0.15, -0.1) is 0 Å². The number of carbonyl (C=O) groups excluding carboxylic acids is 1. The maximum atomic E-state index is 12.4. The molecule has 1 heterocycles. The highest BCUT2D eigenvalue weighted by Crippen LogP contribution is 2.30. The van der Waals surface area contributed by atoms with Crippen LogP contribution in [0.15, 0.2) is 30.3 Å². The lowest BCUT2D eigenvalue weighted by Gasteiger charge is -2.30. The smallest absolute Gasteiger partial charge is 0.220 e. The molecule has 0 spiro atoms. The molecule has 1 aromatic carbocycles. The Labute approximate surface area is 187 Å². The van der Waals surface area contributed by atoms with Crippen molar-refractivity contribution in [3.8, 4) is 0 Å². The highest BCUT2D eigenvalue weighted by atomic mass is 16.1. The molecule has 2 aliphatic carbocycles. The Morgan fingerprint density at radius 1 is 1.00 bits per heavy atom. The zero-order valence-electron chi connectivity index (χ0n) is 19.2. The molecule has 2 fully saturated rings. The van der Waals surface area contributed by atoms with Gasteiger partial charge in [-0.25, -0.2) is 4.98 Å². The normalized spacial score (nSPS) is 22.3. The van der Waals surface area contributed by atoms with Gasteiger partial charge in [0.05, 0.1) is 5.52 Å². The van der Waals surface area contributed by atoms with E-state index in [2.05, 4.69) is 53.9 Å². The predicted molar refractivity (Wildman–Crippen MR) is 130 cm³/mol. The lowest BCUT2D eigenvalue weighted by atomic mass is 9.86. The fraction of sp³-hybridized carbons (Fsp3) is 0.615. The monoisotopic (exact) mass is 422 g/mol. The first-order chi connectivity index (χ1) is 15.1. The number of aromatic nitrogens is 1. The standard InChI is InChI=1S/C26H38N4O/c1-30(2)24-18-25(29-23-11-7-6-10-22(23)24)27-20-13-15-21(16-14-20)28-26(31)17-12-19-8-4-3-5-9-19/h6-7,10-11,18-21H,3-5,8-9,12-17H2,1-2H3,(H,27,29)(H,28,31)/t20-,21+. The van der Waals surface area contributed by atoms with Gasteiger partial charge >= 0.3 is 0 Å². The number of rotatable bonds is 7. The van der Waals surface area contributed by atoms with Crippen molar-refractivity contribution in [3.63, 3.8) is 0 Å². The molecule has 1 aromatic heterocycles. The van der Waals surface area contributed by atoms with Crippen LogP contribution >= 0.6 is 0 Å². The number of benzene rings is 1. The third-order valence-electron chi connectivity index (χ3n) is 7.12. The summed E-state index contributed by atoms with van der Waals surface area (Å²) < 4.78 is 0. The number of para-hydroxylation sites is 1. The molecule has 31 heavy (non-hydrogen) atoms. The van der Waals surface area contributed by atoms with Gasteiger partial charge in [0, 0.05) is 49.7 Å². The van der Waals surface area contributed by atoms with Crippen LogP contribution in [0.5, 0.6) is 0 Å². The minimum Gasteiger partial charge on any atom is -0.377 e. The highest BCUT2D eigenvalue weighted by molar-refractivity contribution is 5.93. The van der Waals surface area contributed by atoms with Crippen molar-refractivity contribution in [1.82, 2.24) is 10.3 Å². The Morgan fingerprint density at radius 2 is 1.71 bits per heavy atom. The number of amides is 1. The Hall–Kier alpha value is -2.30. The molecule has 0 aliphatic heterocycles. The molecule has 2 saturated carbocycles. The Morgan fingerprint density at radius 3 is 2.45 bits per heavy atom. The zero-order chi connectivity index (χ0) is 21.6. The number of nitrogens with one attached hydrogen (secondary N) is 2. The maximum Gasteiger partial charge on any atom is 0.220 e. The quantitative estimate of drug-likeness (QED) is 0.618. The number of nitrogens with zero attached hydrogens (tertiary/aromatic N) is 2. The van der Waals surface area contributed by atoms with E-state index in [-0.39, 0.29) is 5.91 Å². The molecule has 2 N–H and O–H groups in total. The summed E-state index contributed by atoms with van der Waals surface area (Å²) >= 11 is 0. The van der Waals surface area contributed by atoms with Gasteiger partial charge in [0.2, 0.25) is 5.91 Å². The van der Waals surface area contributed by atoms with Crippen molar-refractivity contribution in [2.75, 3.05) is 24.3 Å². The Balaban J connectivity index is 1.26. The van der Waals surface area contributed by atoms with Gasteiger partial charge in [-0.3, -0.25) is 4.79 Å². The number of hydrogen-bond acceptors (Lipinski definition) is 4. The number of fused-ring (bicyclic) bond motifs is 1. The molecule has 0 atom stereocenters. The first kappa shape index (κ1) is 21.9. The largest absolute Gasteiger partial charge is 0.377 e. The molecule has 2 aromatic rings. The molecule has 0 radical (unpaired) electrons. The molecule has 5 nitrogen and oxygen atoms in total. The van der Waals surface area contributed by atoms with E-state index in [9.17, 15) is 4.79 Å². The summed E-state index contributed by atoms with van der Waals surface area (Å²) in [6.45, 7) is 0. The van der Waals surface area contributed by atoms with Crippen LogP contribution in [0, 0.1) is 5.92 Å². The minimum atomic E-state index is 0.258. The second kappa shape index (κ2) is 10.3. The molecule has 5 heteroatoms. The third-order valence-corrected chi connectivity index (χ3v) is 7.12. The SMILES string of the molecule is CN(C)c1cc(N[C@H]2CC[C@@H](NC(=O)CCC3CCCCC3)CC2)nc2ccccc12. The first-order valence-electron chi connectivity index (χ1n) is 12.2. The average molecular weight is 423 g/mol. The maximum absolute atomic E-state index is 12.4. The summed E-state index contributed by atoms with van der Waals surface area (Å²) in [6.07, 6.45) is 12.7. The Bertz CT molecular complexity index is 867. The van der Waals surface area contributed by atoms with Gasteiger partial charge < -0.3 is 15.5 Å². The van der Waals surface area contributed by atoms with E-state index >= 15 is 0 Å². The van der Waals surface area contributed by atoms with Gasteiger partial charge in [0.15, 0.2) is 0 Å². The average Bonchev–Trinajstić information content (AvgIpc) is 2.79. The summed E-state index contributed by atoms with van der Waals surface area (Å²) in [5.41, 5.74) is 2.21. The number of pyridine rings is 1. The third kappa shape index (κ3) is 5.90. The summed E-state index contributed by atoms with van der Waals surface area (Å²) in [7, 11) is 4.15. The number of hydrogen-bond donors (Lipinski definition) is 2.